The molecule has 0 aromatic heterocycles. The van der Waals surface area contributed by atoms with Crippen LogP contribution in [-0.4, -0.2) is 74.5 Å². The summed E-state index contributed by atoms with van der Waals surface area (Å²) in [5.41, 5.74) is 2.71. The van der Waals surface area contributed by atoms with Gasteiger partial charge >= 0.3 is 0 Å². The predicted octanol–water partition coefficient (Wildman–Crippen LogP) is 2.52. The van der Waals surface area contributed by atoms with E-state index in [9.17, 15) is 4.79 Å². The SMILES string of the molecule is CCNC(=NCCc1ccc(CC)cc1)NC1CCN(CC(=O)N(C)C)CC1.I. The summed E-state index contributed by atoms with van der Waals surface area (Å²) in [5.74, 6) is 1.07. The van der Waals surface area contributed by atoms with Gasteiger partial charge in [-0.3, -0.25) is 14.7 Å². The van der Waals surface area contributed by atoms with Crippen LogP contribution in [0.2, 0.25) is 0 Å². The topological polar surface area (TPSA) is 60.0 Å². The highest BCUT2D eigenvalue weighted by Crippen LogP contribution is 2.10. The van der Waals surface area contributed by atoms with E-state index in [1.807, 2.05) is 14.1 Å². The molecule has 1 fully saturated rings. The van der Waals surface area contributed by atoms with Crippen molar-refractivity contribution in [2.24, 2.45) is 4.99 Å². The number of piperidine rings is 1. The molecule has 164 valence electrons. The van der Waals surface area contributed by atoms with Gasteiger partial charge in [0.25, 0.3) is 0 Å². The number of nitrogens with zero attached hydrogens (tertiary/aromatic N) is 3. The molecule has 29 heavy (non-hydrogen) atoms. The summed E-state index contributed by atoms with van der Waals surface area (Å²) in [7, 11) is 3.63. The molecular formula is C22H38IN5O. The fraction of sp³-hybridized carbons (Fsp3) is 0.636. The number of hydrogen-bond acceptors (Lipinski definition) is 3. The largest absolute Gasteiger partial charge is 0.357 e. The van der Waals surface area contributed by atoms with Crippen LogP contribution in [-0.2, 0) is 17.6 Å². The first-order chi connectivity index (χ1) is 13.5. The highest BCUT2D eigenvalue weighted by atomic mass is 127. The van der Waals surface area contributed by atoms with Crippen molar-refractivity contribution in [3.8, 4) is 0 Å². The molecule has 1 amide bonds. The van der Waals surface area contributed by atoms with Gasteiger partial charge in [0, 0.05) is 46.3 Å². The quantitative estimate of drug-likeness (QED) is 0.318. The molecule has 1 aliphatic rings. The number of carbonyl (C=O) groups is 1. The van der Waals surface area contributed by atoms with E-state index in [-0.39, 0.29) is 29.9 Å². The van der Waals surface area contributed by atoms with Gasteiger partial charge in [0.2, 0.25) is 5.91 Å². The van der Waals surface area contributed by atoms with Gasteiger partial charge in [0.1, 0.15) is 0 Å². The summed E-state index contributed by atoms with van der Waals surface area (Å²) in [5, 5.41) is 6.93. The normalized spacial score (nSPS) is 15.5. The summed E-state index contributed by atoms with van der Waals surface area (Å²) >= 11 is 0. The number of aliphatic imine (C=N–C) groups is 1. The Morgan fingerprint density at radius 3 is 2.31 bits per heavy atom. The van der Waals surface area contributed by atoms with Crippen LogP contribution >= 0.6 is 24.0 Å². The Kier molecular flexibility index (Phi) is 12.2. The zero-order chi connectivity index (χ0) is 20.4. The molecule has 1 heterocycles. The highest BCUT2D eigenvalue weighted by Gasteiger charge is 2.21. The Morgan fingerprint density at radius 1 is 1.14 bits per heavy atom. The van der Waals surface area contributed by atoms with Crippen molar-refractivity contribution in [1.29, 1.82) is 0 Å². The van der Waals surface area contributed by atoms with Crippen molar-refractivity contribution in [2.75, 3.05) is 46.8 Å². The van der Waals surface area contributed by atoms with Crippen molar-refractivity contribution >= 4 is 35.8 Å². The molecule has 1 aromatic carbocycles. The smallest absolute Gasteiger partial charge is 0.236 e. The van der Waals surface area contributed by atoms with E-state index >= 15 is 0 Å². The van der Waals surface area contributed by atoms with E-state index in [1.165, 1.54) is 11.1 Å². The summed E-state index contributed by atoms with van der Waals surface area (Å²) in [6.07, 6.45) is 4.09. The Labute approximate surface area is 193 Å². The van der Waals surface area contributed by atoms with E-state index in [1.54, 1.807) is 4.90 Å². The minimum Gasteiger partial charge on any atom is -0.357 e. The highest BCUT2D eigenvalue weighted by molar-refractivity contribution is 14.0. The van der Waals surface area contributed by atoms with E-state index in [0.29, 0.717) is 12.6 Å². The van der Waals surface area contributed by atoms with Crippen LogP contribution in [0.5, 0.6) is 0 Å². The standard InChI is InChI=1S/C22H37N5O.HI/c1-5-18-7-9-19(10-8-18)11-14-24-22(23-6-2)25-20-12-15-27(16-13-20)17-21(28)26(3)4;/h7-10,20H,5-6,11-17H2,1-4H3,(H2,23,24,25);1H. The van der Waals surface area contributed by atoms with Crippen molar-refractivity contribution in [2.45, 2.75) is 45.6 Å². The van der Waals surface area contributed by atoms with Crippen LogP contribution in [0.3, 0.4) is 0 Å². The van der Waals surface area contributed by atoms with Crippen LogP contribution < -0.4 is 10.6 Å². The van der Waals surface area contributed by atoms with E-state index in [0.717, 1.165) is 57.8 Å². The van der Waals surface area contributed by atoms with E-state index in [4.69, 9.17) is 4.99 Å². The third-order valence-electron chi connectivity index (χ3n) is 5.23. The van der Waals surface area contributed by atoms with Crippen LogP contribution in [0.1, 0.15) is 37.8 Å². The predicted molar refractivity (Wildman–Crippen MR) is 132 cm³/mol. The molecule has 7 heteroatoms. The number of amides is 1. The first-order valence-electron chi connectivity index (χ1n) is 10.6. The maximum atomic E-state index is 11.9. The lowest BCUT2D eigenvalue weighted by molar-refractivity contribution is -0.130. The second-order valence-electron chi connectivity index (χ2n) is 7.66. The molecule has 0 unspecified atom stereocenters. The lowest BCUT2D eigenvalue weighted by Gasteiger charge is -2.33. The number of guanidine groups is 1. The molecule has 0 radical (unpaired) electrons. The average molecular weight is 515 g/mol. The van der Waals surface area contributed by atoms with Crippen LogP contribution in [0, 0.1) is 0 Å². The van der Waals surface area contributed by atoms with Crippen LogP contribution in [0.25, 0.3) is 0 Å². The third-order valence-corrected chi connectivity index (χ3v) is 5.23. The number of rotatable bonds is 8. The number of benzene rings is 1. The van der Waals surface area contributed by atoms with Gasteiger partial charge in [-0.05, 0) is 43.7 Å². The summed E-state index contributed by atoms with van der Waals surface area (Å²) in [6.45, 7) is 8.31. The van der Waals surface area contributed by atoms with E-state index < -0.39 is 0 Å². The lowest BCUT2D eigenvalue weighted by atomic mass is 10.1. The number of aryl methyl sites for hydroxylation is 1. The summed E-state index contributed by atoms with van der Waals surface area (Å²) < 4.78 is 0. The molecule has 2 rings (SSSR count). The minimum absolute atomic E-state index is 0. The second kappa shape index (κ2) is 13.8. The van der Waals surface area contributed by atoms with Gasteiger partial charge < -0.3 is 15.5 Å². The molecule has 1 aliphatic heterocycles. The van der Waals surface area contributed by atoms with Crippen LogP contribution in [0.15, 0.2) is 29.3 Å². The first kappa shape index (κ1) is 25.7. The molecule has 0 aliphatic carbocycles. The number of carbonyl (C=O) groups excluding carboxylic acids is 1. The van der Waals surface area contributed by atoms with Gasteiger partial charge in [-0.1, -0.05) is 31.2 Å². The molecule has 0 saturated carbocycles. The molecule has 6 nitrogen and oxygen atoms in total. The summed E-state index contributed by atoms with van der Waals surface area (Å²) in [4.78, 5) is 20.5. The Morgan fingerprint density at radius 2 is 1.76 bits per heavy atom. The number of halogens is 1. The lowest BCUT2D eigenvalue weighted by Crippen LogP contribution is -2.50. The van der Waals surface area contributed by atoms with Crippen molar-refractivity contribution in [3.05, 3.63) is 35.4 Å². The van der Waals surface area contributed by atoms with Crippen molar-refractivity contribution in [1.82, 2.24) is 20.4 Å². The fourth-order valence-corrected chi connectivity index (χ4v) is 3.32. The first-order valence-corrected chi connectivity index (χ1v) is 10.6. The number of likely N-dealkylation sites (tertiary alicyclic amines) is 1. The number of hydrogen-bond donors (Lipinski definition) is 2. The Bertz CT molecular complexity index is 625. The van der Waals surface area contributed by atoms with Crippen molar-refractivity contribution < 1.29 is 4.79 Å². The van der Waals surface area contributed by atoms with Crippen LogP contribution in [0.4, 0.5) is 0 Å². The average Bonchev–Trinajstić information content (AvgIpc) is 2.70. The maximum Gasteiger partial charge on any atom is 0.236 e. The molecule has 0 spiro atoms. The van der Waals surface area contributed by atoms with Crippen molar-refractivity contribution in [3.63, 3.8) is 0 Å². The number of nitrogens with one attached hydrogen (secondary N) is 2. The van der Waals surface area contributed by atoms with Gasteiger partial charge in [0.15, 0.2) is 5.96 Å². The van der Waals surface area contributed by atoms with Gasteiger partial charge in [-0.25, -0.2) is 0 Å². The monoisotopic (exact) mass is 515 g/mol. The molecule has 1 aromatic rings. The van der Waals surface area contributed by atoms with Gasteiger partial charge in [-0.15, -0.1) is 24.0 Å². The maximum absolute atomic E-state index is 11.9. The molecule has 0 bridgehead atoms. The van der Waals surface area contributed by atoms with E-state index in [2.05, 4.69) is 53.6 Å². The van der Waals surface area contributed by atoms with Gasteiger partial charge in [-0.2, -0.15) is 0 Å². The fourth-order valence-electron chi connectivity index (χ4n) is 3.32. The third kappa shape index (κ3) is 9.33. The Balaban J connectivity index is 0.00000420. The molecule has 2 N–H and O–H groups in total. The Hall–Kier alpha value is -1.35. The zero-order valence-corrected chi connectivity index (χ0v) is 20.7. The van der Waals surface area contributed by atoms with Gasteiger partial charge in [0.05, 0.1) is 6.54 Å². The zero-order valence-electron chi connectivity index (χ0n) is 18.4. The molecule has 1 saturated heterocycles. The molecule has 0 atom stereocenters. The second-order valence-corrected chi connectivity index (χ2v) is 7.66. The minimum atomic E-state index is 0. The number of likely N-dealkylation sites (N-methyl/N-ethyl adjacent to an activating group) is 1. The summed E-state index contributed by atoms with van der Waals surface area (Å²) in [6, 6.07) is 9.24. The molecular weight excluding hydrogens is 477 g/mol.